The quantitative estimate of drug-likeness (QED) is 0.390. The normalized spacial score (nSPS) is 44.1. The van der Waals surface area contributed by atoms with E-state index in [4.69, 9.17) is 10.5 Å². The summed E-state index contributed by atoms with van der Waals surface area (Å²) in [6, 6.07) is -0.813. The van der Waals surface area contributed by atoms with Crippen LogP contribution in [0.15, 0.2) is 0 Å². The molecule has 1 aliphatic rings. The van der Waals surface area contributed by atoms with Gasteiger partial charge in [0.15, 0.2) is 0 Å². The number of hydrogen-bond donors (Lipinski definition) is 5. The van der Waals surface area contributed by atoms with Gasteiger partial charge in [-0.15, -0.1) is 11.8 Å². The van der Waals surface area contributed by atoms with Crippen LogP contribution in [0.3, 0.4) is 0 Å². The summed E-state index contributed by atoms with van der Waals surface area (Å²) in [5.74, 6) is 0. The highest BCUT2D eigenvalue weighted by Crippen LogP contribution is 2.28. The Labute approximate surface area is 98.4 Å². The molecule has 0 spiro atoms. The van der Waals surface area contributed by atoms with Gasteiger partial charge in [0.2, 0.25) is 0 Å². The molecule has 7 atom stereocenters. The van der Waals surface area contributed by atoms with E-state index in [0.29, 0.717) is 0 Å². The zero-order chi connectivity index (χ0) is 12.5. The maximum absolute atomic E-state index is 9.71. The fourth-order valence-corrected chi connectivity index (χ4v) is 2.34. The molecule has 96 valence electrons. The fourth-order valence-electron chi connectivity index (χ4n) is 1.66. The second-order valence-electron chi connectivity index (χ2n) is 3.99. The third-order valence-electron chi connectivity index (χ3n) is 2.78. The standard InChI is InChI=1S/C9H19NO5S/c1-3(11)4(10)8-6(13)5(12)7(14)9(15-8)16-2/h3-9,11-14H,10H2,1-2H3/t3-,4?,5-,6?,7+,8?,9+/m0/s1. The first-order valence-electron chi connectivity index (χ1n) is 5.06. The Morgan fingerprint density at radius 3 is 2.19 bits per heavy atom. The van der Waals surface area contributed by atoms with Gasteiger partial charge in [0, 0.05) is 0 Å². The maximum Gasteiger partial charge on any atom is 0.132 e. The van der Waals surface area contributed by atoms with Crippen molar-refractivity contribution in [2.45, 2.75) is 48.9 Å². The minimum atomic E-state index is -1.32. The molecular formula is C9H19NO5S. The number of thioether (sulfide) groups is 1. The van der Waals surface area contributed by atoms with Crippen molar-refractivity contribution in [1.82, 2.24) is 0 Å². The molecular weight excluding hydrogens is 234 g/mol. The first-order chi connectivity index (χ1) is 7.40. The molecule has 7 heteroatoms. The lowest BCUT2D eigenvalue weighted by Gasteiger charge is -2.42. The van der Waals surface area contributed by atoms with Crippen LogP contribution in [0.4, 0.5) is 0 Å². The first kappa shape index (κ1) is 14.2. The monoisotopic (exact) mass is 253 g/mol. The van der Waals surface area contributed by atoms with Gasteiger partial charge in [0.05, 0.1) is 12.1 Å². The molecule has 1 heterocycles. The molecule has 1 rings (SSSR count). The van der Waals surface area contributed by atoms with Crippen LogP contribution in [0.5, 0.6) is 0 Å². The summed E-state index contributed by atoms with van der Waals surface area (Å²) >= 11 is 1.21. The molecule has 0 aromatic heterocycles. The van der Waals surface area contributed by atoms with E-state index < -0.39 is 42.0 Å². The summed E-state index contributed by atoms with van der Waals surface area (Å²) in [6.45, 7) is 1.48. The van der Waals surface area contributed by atoms with Crippen molar-refractivity contribution in [1.29, 1.82) is 0 Å². The Kier molecular flexibility index (Phi) is 4.99. The van der Waals surface area contributed by atoms with Crippen molar-refractivity contribution in [2.24, 2.45) is 5.73 Å². The number of nitrogens with two attached hydrogens (primary N) is 1. The lowest BCUT2D eigenvalue weighted by molar-refractivity contribution is -0.207. The van der Waals surface area contributed by atoms with Crippen LogP contribution < -0.4 is 5.73 Å². The molecule has 0 aromatic carbocycles. The Morgan fingerprint density at radius 1 is 1.19 bits per heavy atom. The molecule has 0 radical (unpaired) electrons. The molecule has 0 aromatic rings. The van der Waals surface area contributed by atoms with Gasteiger partial charge in [0.1, 0.15) is 29.9 Å². The van der Waals surface area contributed by atoms with Crippen LogP contribution in [0.2, 0.25) is 0 Å². The fraction of sp³-hybridized carbons (Fsp3) is 1.00. The van der Waals surface area contributed by atoms with Crippen molar-refractivity contribution in [3.8, 4) is 0 Å². The highest BCUT2D eigenvalue weighted by molar-refractivity contribution is 7.99. The van der Waals surface area contributed by atoms with Gasteiger partial charge in [-0.25, -0.2) is 0 Å². The summed E-state index contributed by atoms with van der Waals surface area (Å²) < 4.78 is 5.37. The van der Waals surface area contributed by atoms with Crippen molar-refractivity contribution >= 4 is 11.8 Å². The zero-order valence-electron chi connectivity index (χ0n) is 9.22. The number of ether oxygens (including phenoxy) is 1. The molecule has 6 N–H and O–H groups in total. The van der Waals surface area contributed by atoms with Gasteiger partial charge in [-0.05, 0) is 13.2 Å². The van der Waals surface area contributed by atoms with E-state index in [1.54, 1.807) is 6.26 Å². The second-order valence-corrected chi connectivity index (χ2v) is 4.93. The Balaban J connectivity index is 2.78. The van der Waals surface area contributed by atoms with E-state index in [2.05, 4.69) is 0 Å². The molecule has 3 unspecified atom stereocenters. The molecule has 16 heavy (non-hydrogen) atoms. The lowest BCUT2D eigenvalue weighted by atomic mass is 9.93. The zero-order valence-corrected chi connectivity index (χ0v) is 10.0. The summed E-state index contributed by atoms with van der Waals surface area (Å²) in [7, 11) is 0. The molecule has 1 fully saturated rings. The predicted molar refractivity (Wildman–Crippen MR) is 59.9 cm³/mol. The minimum Gasteiger partial charge on any atom is -0.392 e. The van der Waals surface area contributed by atoms with Gasteiger partial charge in [0.25, 0.3) is 0 Å². The van der Waals surface area contributed by atoms with Crippen LogP contribution in [0, 0.1) is 0 Å². The topological polar surface area (TPSA) is 116 Å². The van der Waals surface area contributed by atoms with Crippen LogP contribution in [-0.4, -0.2) is 68.7 Å². The van der Waals surface area contributed by atoms with Gasteiger partial charge < -0.3 is 30.9 Å². The molecule has 0 saturated carbocycles. The smallest absolute Gasteiger partial charge is 0.132 e. The molecule has 0 amide bonds. The number of hydrogen-bond acceptors (Lipinski definition) is 7. The largest absolute Gasteiger partial charge is 0.392 e. The van der Waals surface area contributed by atoms with Crippen LogP contribution in [-0.2, 0) is 4.74 Å². The molecule has 1 aliphatic heterocycles. The van der Waals surface area contributed by atoms with E-state index in [9.17, 15) is 20.4 Å². The average molecular weight is 253 g/mol. The minimum absolute atomic E-state index is 0.659. The van der Waals surface area contributed by atoms with Crippen LogP contribution >= 0.6 is 11.8 Å². The highest BCUT2D eigenvalue weighted by atomic mass is 32.2. The average Bonchev–Trinajstić information content (AvgIpc) is 2.25. The molecule has 6 nitrogen and oxygen atoms in total. The van der Waals surface area contributed by atoms with Crippen molar-refractivity contribution in [3.63, 3.8) is 0 Å². The first-order valence-corrected chi connectivity index (χ1v) is 6.35. The second kappa shape index (κ2) is 5.63. The number of rotatable bonds is 3. The lowest BCUT2D eigenvalue weighted by Crippen LogP contribution is -2.63. The van der Waals surface area contributed by atoms with Crippen molar-refractivity contribution in [2.75, 3.05) is 6.26 Å². The molecule has 0 bridgehead atoms. The van der Waals surface area contributed by atoms with E-state index in [1.807, 2.05) is 0 Å². The molecule has 1 saturated heterocycles. The van der Waals surface area contributed by atoms with Gasteiger partial charge in [-0.3, -0.25) is 0 Å². The van der Waals surface area contributed by atoms with Crippen LogP contribution in [0.1, 0.15) is 6.92 Å². The Morgan fingerprint density at radius 2 is 1.75 bits per heavy atom. The summed E-state index contributed by atoms with van der Waals surface area (Å²) in [6.07, 6.45) is -3.84. The van der Waals surface area contributed by atoms with Gasteiger partial charge >= 0.3 is 0 Å². The SMILES string of the molecule is CS[C@H]1OC(C(N)[C@H](C)O)C(O)[C@H](O)[C@H]1O. The summed E-state index contributed by atoms with van der Waals surface area (Å²) in [4.78, 5) is 0. The van der Waals surface area contributed by atoms with Gasteiger partial charge in [-0.2, -0.15) is 0 Å². The summed E-state index contributed by atoms with van der Waals surface area (Å²) in [5, 5.41) is 38.2. The third-order valence-corrected chi connectivity index (χ3v) is 3.63. The predicted octanol–water partition coefficient (Wildman–Crippen LogP) is -2.13. The summed E-state index contributed by atoms with van der Waals surface area (Å²) in [5.41, 5.74) is 5.01. The van der Waals surface area contributed by atoms with Crippen molar-refractivity contribution < 1.29 is 25.2 Å². The maximum atomic E-state index is 9.71. The number of aliphatic hydroxyl groups is 4. The molecule has 0 aliphatic carbocycles. The Bertz CT molecular complexity index is 228. The van der Waals surface area contributed by atoms with E-state index in [0.717, 1.165) is 0 Å². The van der Waals surface area contributed by atoms with E-state index >= 15 is 0 Å². The third kappa shape index (κ3) is 2.67. The van der Waals surface area contributed by atoms with Crippen molar-refractivity contribution in [3.05, 3.63) is 0 Å². The van der Waals surface area contributed by atoms with Crippen LogP contribution in [0.25, 0.3) is 0 Å². The highest BCUT2D eigenvalue weighted by Gasteiger charge is 2.46. The van der Waals surface area contributed by atoms with Gasteiger partial charge in [-0.1, -0.05) is 0 Å². The Hall–Kier alpha value is 0.110. The van der Waals surface area contributed by atoms with E-state index in [-0.39, 0.29) is 0 Å². The van der Waals surface area contributed by atoms with E-state index in [1.165, 1.54) is 18.7 Å². The number of aliphatic hydroxyl groups excluding tert-OH is 4.